The molecule has 0 aromatic heterocycles. The molecule has 4 fully saturated rings. The van der Waals surface area contributed by atoms with Crippen molar-refractivity contribution in [1.29, 1.82) is 0 Å². The van der Waals surface area contributed by atoms with Gasteiger partial charge in [0.05, 0.1) is 0 Å². The second-order valence-electron chi connectivity index (χ2n) is 14.5. The third kappa shape index (κ3) is 4.89. The van der Waals surface area contributed by atoms with Gasteiger partial charge >= 0.3 is 23.9 Å². The standard InChI is InChI=1S/C32H48O9/c1-19(33)38-17-32(27(37)40-18-39-20(2)34)16-15-30(7)22(26(32)36)9-10-24-29(6)13-12-25(41-21(3)35)28(4,5)23(29)11-14-31(24,30)8/h22-25H,9-18H2,1-8H3/t22-,23+,24-,25+,29+,30-,31-,32+/m1/s1. The molecule has 0 bridgehead atoms. The molecular formula is C32H48O9. The van der Waals surface area contributed by atoms with Crippen LogP contribution in [0.3, 0.4) is 0 Å². The molecule has 0 aliphatic heterocycles. The summed E-state index contributed by atoms with van der Waals surface area (Å²) in [4.78, 5) is 62.7. The Morgan fingerprint density at radius 3 is 1.98 bits per heavy atom. The summed E-state index contributed by atoms with van der Waals surface area (Å²) in [7, 11) is 0. The highest BCUT2D eigenvalue weighted by atomic mass is 16.7. The summed E-state index contributed by atoms with van der Waals surface area (Å²) in [5, 5.41) is 0. The molecule has 4 rings (SSSR count). The van der Waals surface area contributed by atoms with Gasteiger partial charge in [-0.1, -0.05) is 34.6 Å². The molecule has 0 aromatic carbocycles. The maximum Gasteiger partial charge on any atom is 0.326 e. The average molecular weight is 577 g/mol. The Labute approximate surface area is 243 Å². The monoisotopic (exact) mass is 576 g/mol. The van der Waals surface area contributed by atoms with Crippen LogP contribution in [0.5, 0.6) is 0 Å². The zero-order chi connectivity index (χ0) is 30.6. The molecule has 0 saturated heterocycles. The lowest BCUT2D eigenvalue weighted by molar-refractivity contribution is -0.238. The topological polar surface area (TPSA) is 122 Å². The molecule has 4 aliphatic carbocycles. The van der Waals surface area contributed by atoms with Gasteiger partial charge in [-0.2, -0.15) is 0 Å². The van der Waals surface area contributed by atoms with E-state index in [2.05, 4.69) is 34.6 Å². The minimum absolute atomic E-state index is 0.0272. The predicted molar refractivity (Wildman–Crippen MR) is 148 cm³/mol. The van der Waals surface area contributed by atoms with E-state index < -0.39 is 30.1 Å². The number of rotatable bonds is 6. The molecule has 230 valence electrons. The van der Waals surface area contributed by atoms with Crippen LogP contribution < -0.4 is 0 Å². The lowest BCUT2D eigenvalue weighted by atomic mass is 9.33. The summed E-state index contributed by atoms with van der Waals surface area (Å²) in [6, 6.07) is 0. The number of ether oxygens (including phenoxy) is 4. The Balaban J connectivity index is 1.64. The van der Waals surface area contributed by atoms with E-state index in [1.165, 1.54) is 20.8 Å². The van der Waals surface area contributed by atoms with Crippen molar-refractivity contribution in [3.63, 3.8) is 0 Å². The highest BCUT2D eigenvalue weighted by Crippen LogP contribution is 2.74. The van der Waals surface area contributed by atoms with Gasteiger partial charge in [-0.3, -0.25) is 24.0 Å². The number of carbonyl (C=O) groups is 5. The molecular weight excluding hydrogens is 528 g/mol. The Morgan fingerprint density at radius 2 is 1.37 bits per heavy atom. The second-order valence-corrected chi connectivity index (χ2v) is 14.5. The van der Waals surface area contributed by atoms with Gasteiger partial charge in [-0.25, -0.2) is 0 Å². The Bertz CT molecular complexity index is 1110. The SMILES string of the molecule is CC(=O)OCOC(=O)[C@]1(COC(C)=O)CC[C@]2(C)[C@H](CC[C@@H]3[C@@]4(C)CC[C@H](OC(C)=O)C(C)(C)[C@@H]4CC[C@]32C)C1=O. The van der Waals surface area contributed by atoms with E-state index in [1.54, 1.807) is 0 Å². The number of ketones is 1. The molecule has 0 amide bonds. The zero-order valence-corrected chi connectivity index (χ0v) is 26.1. The minimum Gasteiger partial charge on any atom is -0.464 e. The fourth-order valence-electron chi connectivity index (χ4n) is 10.1. The van der Waals surface area contributed by atoms with E-state index in [-0.39, 0.29) is 58.5 Å². The zero-order valence-electron chi connectivity index (χ0n) is 26.1. The average Bonchev–Trinajstić information content (AvgIpc) is 2.86. The Morgan fingerprint density at radius 1 is 0.707 bits per heavy atom. The van der Waals surface area contributed by atoms with Crippen LogP contribution in [0, 0.1) is 44.8 Å². The van der Waals surface area contributed by atoms with E-state index in [1.807, 2.05) is 0 Å². The van der Waals surface area contributed by atoms with Gasteiger partial charge in [0.15, 0.2) is 11.2 Å². The van der Waals surface area contributed by atoms with Crippen LogP contribution in [0.1, 0.15) is 107 Å². The van der Waals surface area contributed by atoms with E-state index in [0.29, 0.717) is 24.7 Å². The first-order chi connectivity index (χ1) is 19.0. The van der Waals surface area contributed by atoms with Crippen molar-refractivity contribution < 1.29 is 42.9 Å². The van der Waals surface area contributed by atoms with Crippen molar-refractivity contribution in [3.8, 4) is 0 Å². The molecule has 0 heterocycles. The summed E-state index contributed by atoms with van der Waals surface area (Å²) in [6.07, 6.45) is 5.92. The summed E-state index contributed by atoms with van der Waals surface area (Å²) in [5.74, 6) is -2.08. The smallest absolute Gasteiger partial charge is 0.326 e. The molecule has 9 heteroatoms. The first kappa shape index (κ1) is 31.5. The summed E-state index contributed by atoms with van der Waals surface area (Å²) < 4.78 is 21.2. The fraction of sp³-hybridized carbons (Fsp3) is 0.844. The molecule has 4 aliphatic rings. The van der Waals surface area contributed by atoms with Crippen LogP contribution >= 0.6 is 0 Å². The first-order valence-electron chi connectivity index (χ1n) is 15.1. The van der Waals surface area contributed by atoms with Crippen molar-refractivity contribution >= 4 is 29.7 Å². The van der Waals surface area contributed by atoms with E-state index in [0.717, 1.165) is 32.1 Å². The van der Waals surface area contributed by atoms with Gasteiger partial charge in [-0.05, 0) is 79.4 Å². The van der Waals surface area contributed by atoms with Crippen molar-refractivity contribution in [3.05, 3.63) is 0 Å². The summed E-state index contributed by atoms with van der Waals surface area (Å²) in [5.41, 5.74) is -2.25. The van der Waals surface area contributed by atoms with Gasteiger partial charge in [0, 0.05) is 32.1 Å². The Hall–Kier alpha value is -2.45. The molecule has 4 saturated carbocycles. The van der Waals surface area contributed by atoms with E-state index in [4.69, 9.17) is 18.9 Å². The minimum atomic E-state index is -1.62. The van der Waals surface area contributed by atoms with Gasteiger partial charge in [0.2, 0.25) is 6.79 Å². The van der Waals surface area contributed by atoms with Crippen molar-refractivity contribution in [2.45, 2.75) is 113 Å². The number of Topliss-reactive ketones (excluding diaryl/α,β-unsaturated/α-hetero) is 1. The number of hydrogen-bond acceptors (Lipinski definition) is 9. The Kier molecular flexibility index (Phi) is 8.20. The highest BCUT2D eigenvalue weighted by Gasteiger charge is 2.71. The van der Waals surface area contributed by atoms with Gasteiger partial charge in [-0.15, -0.1) is 0 Å². The van der Waals surface area contributed by atoms with E-state index in [9.17, 15) is 24.0 Å². The number of carbonyl (C=O) groups excluding carboxylic acids is 5. The van der Waals surface area contributed by atoms with Crippen LogP contribution in [0.15, 0.2) is 0 Å². The maximum absolute atomic E-state index is 14.4. The number of hydrogen-bond donors (Lipinski definition) is 0. The van der Waals surface area contributed by atoms with Gasteiger partial charge < -0.3 is 18.9 Å². The van der Waals surface area contributed by atoms with Crippen molar-refractivity contribution in [2.24, 2.45) is 44.8 Å². The van der Waals surface area contributed by atoms with Crippen LogP contribution in [-0.2, 0) is 42.9 Å². The van der Waals surface area contributed by atoms with E-state index >= 15 is 0 Å². The molecule has 8 atom stereocenters. The maximum atomic E-state index is 14.4. The third-order valence-corrected chi connectivity index (χ3v) is 12.3. The van der Waals surface area contributed by atoms with Crippen molar-refractivity contribution in [2.75, 3.05) is 13.4 Å². The molecule has 0 spiro atoms. The summed E-state index contributed by atoms with van der Waals surface area (Å²) >= 11 is 0. The van der Waals surface area contributed by atoms with Crippen LogP contribution in [0.25, 0.3) is 0 Å². The molecule has 0 unspecified atom stereocenters. The van der Waals surface area contributed by atoms with Gasteiger partial charge in [0.1, 0.15) is 12.7 Å². The lowest BCUT2D eigenvalue weighted by Crippen LogP contribution is -2.68. The normalized spacial score (nSPS) is 41.1. The van der Waals surface area contributed by atoms with Crippen LogP contribution in [-0.4, -0.2) is 49.2 Å². The first-order valence-corrected chi connectivity index (χ1v) is 15.1. The predicted octanol–water partition coefficient (Wildman–Crippen LogP) is 5.17. The fourth-order valence-corrected chi connectivity index (χ4v) is 10.1. The quantitative estimate of drug-likeness (QED) is 0.182. The second kappa shape index (κ2) is 10.7. The third-order valence-electron chi connectivity index (χ3n) is 12.3. The number of esters is 4. The van der Waals surface area contributed by atoms with Crippen LogP contribution in [0.2, 0.25) is 0 Å². The molecule has 0 radical (unpaired) electrons. The van der Waals surface area contributed by atoms with Gasteiger partial charge in [0.25, 0.3) is 0 Å². The number of fused-ring (bicyclic) bond motifs is 5. The highest BCUT2D eigenvalue weighted by molar-refractivity contribution is 6.06. The molecule has 0 N–H and O–H groups in total. The lowest BCUT2D eigenvalue weighted by Gasteiger charge is -2.71. The largest absolute Gasteiger partial charge is 0.464 e. The molecule has 0 aromatic rings. The van der Waals surface area contributed by atoms with Crippen molar-refractivity contribution in [1.82, 2.24) is 0 Å². The van der Waals surface area contributed by atoms with Crippen LogP contribution in [0.4, 0.5) is 0 Å². The molecule has 41 heavy (non-hydrogen) atoms. The summed E-state index contributed by atoms with van der Waals surface area (Å²) in [6.45, 7) is 14.4. The molecule has 9 nitrogen and oxygen atoms in total.